The lowest BCUT2D eigenvalue weighted by Gasteiger charge is -2.44. The molecular formula is C22H31NO. The minimum absolute atomic E-state index is 0.0695. The molecule has 0 aromatic heterocycles. The summed E-state index contributed by atoms with van der Waals surface area (Å²) in [6.45, 7) is 22.4. The number of hydrogen-bond acceptors (Lipinski definition) is 2. The summed E-state index contributed by atoms with van der Waals surface area (Å²) in [5.41, 5.74) is 10.9. The highest BCUT2D eigenvalue weighted by molar-refractivity contribution is 6.05. The Morgan fingerprint density at radius 2 is 1.21 bits per heavy atom. The number of benzene rings is 2. The molecule has 0 saturated carbocycles. The zero-order valence-electron chi connectivity index (χ0n) is 16.9. The van der Waals surface area contributed by atoms with Crippen molar-refractivity contribution in [1.29, 1.82) is 0 Å². The monoisotopic (exact) mass is 325 g/mol. The second-order valence-electron chi connectivity index (χ2n) is 8.48. The van der Waals surface area contributed by atoms with Gasteiger partial charge in [0.2, 0.25) is 0 Å². The van der Waals surface area contributed by atoms with Gasteiger partial charge in [-0.1, -0.05) is 0 Å². The fourth-order valence-electron chi connectivity index (χ4n) is 4.25. The Balaban J connectivity index is 2.63. The van der Waals surface area contributed by atoms with Crippen LogP contribution in [0.3, 0.4) is 0 Å². The van der Waals surface area contributed by atoms with Crippen LogP contribution in [0.1, 0.15) is 72.7 Å². The third-order valence-corrected chi connectivity index (χ3v) is 6.00. The van der Waals surface area contributed by atoms with Crippen LogP contribution < -0.4 is 5.06 Å². The van der Waals surface area contributed by atoms with Crippen molar-refractivity contribution in [2.75, 3.05) is 5.06 Å². The summed E-state index contributed by atoms with van der Waals surface area (Å²) in [6.07, 6.45) is 0.0695. The highest BCUT2D eigenvalue weighted by Crippen LogP contribution is 2.49. The van der Waals surface area contributed by atoms with Crippen molar-refractivity contribution in [2.45, 2.75) is 80.9 Å². The van der Waals surface area contributed by atoms with Gasteiger partial charge in [0.05, 0.1) is 11.2 Å². The average molecular weight is 325 g/mol. The van der Waals surface area contributed by atoms with Crippen molar-refractivity contribution in [1.82, 2.24) is 0 Å². The van der Waals surface area contributed by atoms with Crippen LogP contribution in [0.25, 0.3) is 10.8 Å². The van der Waals surface area contributed by atoms with Crippen LogP contribution in [-0.2, 0) is 4.84 Å². The Hall–Kier alpha value is -1.54. The zero-order valence-corrected chi connectivity index (χ0v) is 16.9. The SMILES string of the molecule is Cc1c(C)c2c3c(c(C)c(C)c(C)c3c1C)N(C(C)(C)C)OC2C. The number of hydroxylamine groups is 1. The minimum Gasteiger partial charge on any atom is -0.265 e. The molecule has 2 aromatic rings. The summed E-state index contributed by atoms with van der Waals surface area (Å²) in [6, 6.07) is 0. The molecule has 0 spiro atoms. The molecule has 1 aliphatic heterocycles. The first-order chi connectivity index (χ1) is 11.0. The van der Waals surface area contributed by atoms with Gasteiger partial charge < -0.3 is 0 Å². The van der Waals surface area contributed by atoms with Gasteiger partial charge in [-0.05, 0) is 114 Å². The summed E-state index contributed by atoms with van der Waals surface area (Å²) in [7, 11) is 0. The fraction of sp³-hybridized carbons (Fsp3) is 0.545. The number of anilines is 1. The summed E-state index contributed by atoms with van der Waals surface area (Å²) < 4.78 is 0. The van der Waals surface area contributed by atoms with Crippen LogP contribution in [0, 0.1) is 41.5 Å². The Kier molecular flexibility index (Phi) is 3.76. The maximum atomic E-state index is 6.45. The number of aryl methyl sites for hydroxylation is 2. The van der Waals surface area contributed by atoms with E-state index in [0.29, 0.717) is 0 Å². The molecule has 2 nitrogen and oxygen atoms in total. The lowest BCUT2D eigenvalue weighted by molar-refractivity contribution is 0.00702. The van der Waals surface area contributed by atoms with Crippen LogP contribution >= 0.6 is 0 Å². The number of rotatable bonds is 0. The van der Waals surface area contributed by atoms with Crippen LogP contribution in [0.2, 0.25) is 0 Å². The molecule has 0 radical (unpaired) electrons. The summed E-state index contributed by atoms with van der Waals surface area (Å²) >= 11 is 0. The highest BCUT2D eigenvalue weighted by atomic mass is 16.7. The Bertz CT molecular complexity index is 847. The molecule has 1 atom stereocenters. The van der Waals surface area contributed by atoms with Crippen LogP contribution in [0.15, 0.2) is 0 Å². The molecular weight excluding hydrogens is 294 g/mol. The van der Waals surface area contributed by atoms with E-state index in [2.05, 4.69) is 74.3 Å². The predicted molar refractivity (Wildman–Crippen MR) is 104 cm³/mol. The predicted octanol–water partition coefficient (Wildman–Crippen LogP) is 6.30. The molecule has 0 fully saturated rings. The second kappa shape index (κ2) is 5.23. The first-order valence-electron chi connectivity index (χ1n) is 8.98. The molecule has 2 heteroatoms. The van der Waals surface area contributed by atoms with Gasteiger partial charge >= 0.3 is 0 Å². The molecule has 24 heavy (non-hydrogen) atoms. The molecule has 0 N–H and O–H groups in total. The second-order valence-corrected chi connectivity index (χ2v) is 8.48. The van der Waals surface area contributed by atoms with E-state index in [1.54, 1.807) is 0 Å². The van der Waals surface area contributed by atoms with E-state index in [1.165, 1.54) is 55.4 Å². The van der Waals surface area contributed by atoms with E-state index in [9.17, 15) is 0 Å². The van der Waals surface area contributed by atoms with Gasteiger partial charge in [-0.25, -0.2) is 5.06 Å². The van der Waals surface area contributed by atoms with Crippen LogP contribution in [0.5, 0.6) is 0 Å². The maximum Gasteiger partial charge on any atom is 0.109 e. The third-order valence-electron chi connectivity index (χ3n) is 6.00. The van der Waals surface area contributed by atoms with E-state index in [4.69, 9.17) is 4.84 Å². The van der Waals surface area contributed by atoms with E-state index in [0.717, 1.165) is 0 Å². The van der Waals surface area contributed by atoms with Crippen molar-refractivity contribution in [3.05, 3.63) is 38.9 Å². The quantitative estimate of drug-likeness (QED) is 0.563. The van der Waals surface area contributed by atoms with E-state index >= 15 is 0 Å². The fourth-order valence-corrected chi connectivity index (χ4v) is 4.25. The molecule has 2 aromatic carbocycles. The lowest BCUT2D eigenvalue weighted by atomic mass is 9.82. The largest absolute Gasteiger partial charge is 0.265 e. The summed E-state index contributed by atoms with van der Waals surface area (Å²) in [5.74, 6) is 0. The molecule has 0 bridgehead atoms. The summed E-state index contributed by atoms with van der Waals surface area (Å²) in [4.78, 5) is 6.45. The Morgan fingerprint density at radius 3 is 1.71 bits per heavy atom. The first kappa shape index (κ1) is 17.3. The molecule has 0 amide bonds. The van der Waals surface area contributed by atoms with Gasteiger partial charge in [-0.15, -0.1) is 0 Å². The van der Waals surface area contributed by atoms with E-state index < -0.39 is 0 Å². The zero-order chi connectivity index (χ0) is 18.1. The Morgan fingerprint density at radius 1 is 0.708 bits per heavy atom. The molecule has 0 aliphatic carbocycles. The van der Waals surface area contributed by atoms with Gasteiger partial charge in [0.15, 0.2) is 0 Å². The lowest BCUT2D eigenvalue weighted by Crippen LogP contribution is -2.44. The smallest absolute Gasteiger partial charge is 0.109 e. The molecule has 3 rings (SSSR count). The minimum atomic E-state index is -0.0853. The Labute approximate surface area is 146 Å². The van der Waals surface area contributed by atoms with Crippen molar-refractivity contribution in [2.24, 2.45) is 0 Å². The van der Waals surface area contributed by atoms with Crippen molar-refractivity contribution in [3.63, 3.8) is 0 Å². The van der Waals surface area contributed by atoms with Gasteiger partial charge in [-0.2, -0.15) is 0 Å². The van der Waals surface area contributed by atoms with Crippen LogP contribution in [-0.4, -0.2) is 5.54 Å². The maximum absolute atomic E-state index is 6.45. The molecule has 130 valence electrons. The summed E-state index contributed by atoms with van der Waals surface area (Å²) in [5, 5.41) is 4.99. The first-order valence-corrected chi connectivity index (χ1v) is 8.98. The molecule has 0 saturated heterocycles. The third kappa shape index (κ3) is 2.12. The number of nitrogens with zero attached hydrogens (tertiary/aromatic N) is 1. The van der Waals surface area contributed by atoms with Gasteiger partial charge in [0.25, 0.3) is 0 Å². The number of hydrogen-bond donors (Lipinski definition) is 0. The average Bonchev–Trinajstić information content (AvgIpc) is 2.48. The topological polar surface area (TPSA) is 12.5 Å². The normalized spacial score (nSPS) is 17.8. The molecule has 1 unspecified atom stereocenters. The van der Waals surface area contributed by atoms with E-state index in [-0.39, 0.29) is 11.6 Å². The standard InChI is InChI=1S/C22H31NO/c1-11-13(3)18-14(4)12(2)16(6)21-20(18)19(15(11)5)17(7)24-23(21)22(8,9)10/h17H,1-10H3. The van der Waals surface area contributed by atoms with Gasteiger partial charge in [0, 0.05) is 5.39 Å². The van der Waals surface area contributed by atoms with Crippen molar-refractivity contribution in [3.8, 4) is 0 Å². The van der Waals surface area contributed by atoms with E-state index in [1.807, 2.05) is 0 Å². The highest BCUT2D eigenvalue weighted by Gasteiger charge is 2.36. The van der Waals surface area contributed by atoms with Gasteiger partial charge in [0.1, 0.15) is 6.10 Å². The van der Waals surface area contributed by atoms with Crippen molar-refractivity contribution < 1.29 is 4.84 Å². The van der Waals surface area contributed by atoms with Gasteiger partial charge in [-0.3, -0.25) is 4.84 Å². The van der Waals surface area contributed by atoms with Crippen molar-refractivity contribution >= 4 is 16.5 Å². The molecule has 1 aliphatic rings. The molecule has 1 heterocycles. The van der Waals surface area contributed by atoms with Crippen LogP contribution in [0.4, 0.5) is 5.69 Å².